The number of nitrogens with zero attached hydrogens (tertiary/aromatic N) is 2. The van der Waals surface area contributed by atoms with Gasteiger partial charge in [0.2, 0.25) is 0 Å². The molecule has 0 radical (unpaired) electrons. The van der Waals surface area contributed by atoms with Crippen molar-refractivity contribution in [2.24, 2.45) is 5.41 Å². The normalized spacial score (nSPS) is 16.1. The third kappa shape index (κ3) is 12.7. The number of hydrogen-bond acceptors (Lipinski definition) is 6. The van der Waals surface area contributed by atoms with E-state index in [0.717, 1.165) is 96.5 Å². The van der Waals surface area contributed by atoms with Crippen molar-refractivity contribution in [1.29, 1.82) is 0 Å². The van der Waals surface area contributed by atoms with E-state index in [0.29, 0.717) is 15.1 Å². The molecule has 3 N–H and O–H groups in total. The number of carbonyl (C=O) groups is 1. The maximum Gasteiger partial charge on any atom is 0.303 e. The number of aliphatic carboxylic acids is 1. The van der Waals surface area contributed by atoms with E-state index in [2.05, 4.69) is 77.0 Å². The lowest BCUT2D eigenvalue weighted by molar-refractivity contribution is -0.138. The quantitative estimate of drug-likeness (QED) is 0.0946. The molecule has 0 amide bonds. The fourth-order valence-electron chi connectivity index (χ4n) is 8.28. The van der Waals surface area contributed by atoms with Crippen LogP contribution in [0.25, 0.3) is 23.1 Å². The van der Waals surface area contributed by atoms with Crippen LogP contribution in [0, 0.1) is 5.41 Å². The summed E-state index contributed by atoms with van der Waals surface area (Å²) in [5.41, 5.74) is 7.58. The number of carboxylic acids is 1. The van der Waals surface area contributed by atoms with E-state index in [1.54, 1.807) is 6.07 Å². The van der Waals surface area contributed by atoms with Crippen molar-refractivity contribution in [1.82, 2.24) is 15.2 Å². The number of halogens is 3. The molecule has 62 heavy (non-hydrogen) atoms. The molecular formula is C52H54Cl3N3O3S. The maximum absolute atomic E-state index is 11.5. The van der Waals surface area contributed by atoms with Gasteiger partial charge >= 0.3 is 5.97 Å². The highest BCUT2D eigenvalue weighted by atomic mass is 35.5. The van der Waals surface area contributed by atoms with Crippen molar-refractivity contribution in [3.05, 3.63) is 182 Å². The van der Waals surface area contributed by atoms with Crippen LogP contribution >= 0.6 is 46.6 Å². The van der Waals surface area contributed by atoms with Gasteiger partial charge < -0.3 is 15.5 Å². The first-order valence-electron chi connectivity index (χ1n) is 21.3. The maximum atomic E-state index is 11.5. The molecule has 1 aliphatic heterocycles. The third-order valence-corrected chi connectivity index (χ3v) is 14.0. The minimum Gasteiger partial charge on any atom is -0.481 e. The summed E-state index contributed by atoms with van der Waals surface area (Å²) >= 11 is 20.4. The van der Waals surface area contributed by atoms with Crippen LogP contribution in [0.3, 0.4) is 0 Å². The average Bonchev–Trinajstić information content (AvgIpc) is 4.02. The van der Waals surface area contributed by atoms with E-state index in [-0.39, 0.29) is 23.1 Å². The number of piperazine rings is 1. The number of aromatic nitrogens is 1. The van der Waals surface area contributed by atoms with Crippen LogP contribution in [-0.2, 0) is 16.8 Å². The molecule has 10 heteroatoms. The lowest BCUT2D eigenvalue weighted by atomic mass is 9.90. The summed E-state index contributed by atoms with van der Waals surface area (Å²) in [4.78, 5) is 18.7. The molecule has 6 aromatic rings. The molecule has 1 saturated heterocycles. The van der Waals surface area contributed by atoms with Crippen molar-refractivity contribution < 1.29 is 15.0 Å². The van der Waals surface area contributed by atoms with Crippen molar-refractivity contribution in [2.75, 3.05) is 31.9 Å². The molecule has 0 spiro atoms. The second-order valence-electron chi connectivity index (χ2n) is 17.0. The number of nitrogens with one attached hydrogen (secondary N) is 1. The Labute approximate surface area is 385 Å². The summed E-state index contributed by atoms with van der Waals surface area (Å²) in [6.07, 6.45) is 8.02. The monoisotopic (exact) mass is 905 g/mol. The van der Waals surface area contributed by atoms with Gasteiger partial charge in [0.15, 0.2) is 0 Å². The number of pyridine rings is 1. The van der Waals surface area contributed by atoms with E-state index in [1.807, 2.05) is 92.3 Å². The van der Waals surface area contributed by atoms with Crippen LogP contribution in [-0.4, -0.2) is 58.0 Å². The number of thioether (sulfide) groups is 1. The smallest absolute Gasteiger partial charge is 0.303 e. The molecule has 8 rings (SSSR count). The average molecular weight is 907 g/mol. The summed E-state index contributed by atoms with van der Waals surface area (Å²) in [5.74, 6) is 0.122. The minimum absolute atomic E-state index is 0.0814. The topological polar surface area (TPSA) is 85.7 Å². The zero-order valence-electron chi connectivity index (χ0n) is 35.2. The standard InChI is InChI=1S/C35H36ClNO3S.C17H18Cl2N2/c1-34(2,40)30-9-4-3-7-25(30)13-17-32(41-23-35(18-19-35)22-33(38)39)27-8-5-6-24(20-27)10-15-29-16-12-26-11-14-28(36)21-31(26)37-29;18-15-10-14(11-16(19)12-15)17(13-4-2-1-3-5-13)21-8-6-20-7-9-21/h3-12,14-16,20-21,32,40H,13,17-19,22-23H2,1-2H3,(H,38,39);1-5,10-12,17,20H,6-9H2/b15-10+;/t32-;/m1./s1. The second kappa shape index (κ2) is 21.0. The largest absolute Gasteiger partial charge is 0.481 e. The van der Waals surface area contributed by atoms with Gasteiger partial charge in [-0.2, -0.15) is 11.8 Å². The first-order chi connectivity index (χ1) is 29.8. The van der Waals surface area contributed by atoms with Gasteiger partial charge in [0.1, 0.15) is 0 Å². The van der Waals surface area contributed by atoms with Crippen LogP contribution in [0.2, 0.25) is 15.1 Å². The second-order valence-corrected chi connectivity index (χ2v) is 19.5. The summed E-state index contributed by atoms with van der Waals surface area (Å²) in [6.45, 7) is 7.72. The lowest BCUT2D eigenvalue weighted by Crippen LogP contribution is -2.45. The van der Waals surface area contributed by atoms with Crippen LogP contribution < -0.4 is 5.32 Å². The lowest BCUT2D eigenvalue weighted by Gasteiger charge is -2.35. The van der Waals surface area contributed by atoms with Crippen molar-refractivity contribution in [3.63, 3.8) is 0 Å². The van der Waals surface area contributed by atoms with Crippen molar-refractivity contribution >= 4 is 75.6 Å². The highest BCUT2D eigenvalue weighted by Gasteiger charge is 2.44. The van der Waals surface area contributed by atoms with Gasteiger partial charge in [-0.15, -0.1) is 0 Å². The molecule has 2 aliphatic rings. The number of carboxylic acid groups (broad SMARTS) is 1. The summed E-state index contributed by atoms with van der Waals surface area (Å²) in [7, 11) is 0. The number of aliphatic hydroxyl groups is 1. The zero-order chi connectivity index (χ0) is 43.7. The number of aryl methyl sites for hydroxylation is 1. The molecule has 5 aromatic carbocycles. The molecule has 2 atom stereocenters. The SMILES string of the molecule is CC(C)(O)c1ccccc1CC[C@@H](SCC1(CC(=O)O)CC1)c1cccc(/C=C/c2ccc3ccc(Cl)cc3n2)c1.Clc1cc(Cl)cc(C(c2ccccc2)N2CCNCC2)c1. The molecule has 322 valence electrons. The number of fused-ring (bicyclic) bond motifs is 1. The van der Waals surface area contributed by atoms with Gasteiger partial charge in [0, 0.05) is 57.6 Å². The zero-order valence-corrected chi connectivity index (χ0v) is 38.3. The van der Waals surface area contributed by atoms with Crippen LogP contribution in [0.4, 0.5) is 0 Å². The minimum atomic E-state index is -0.911. The predicted molar refractivity (Wildman–Crippen MR) is 260 cm³/mol. The Morgan fingerprint density at radius 2 is 1.50 bits per heavy atom. The Kier molecular flexibility index (Phi) is 15.5. The molecule has 1 aliphatic carbocycles. The van der Waals surface area contributed by atoms with Gasteiger partial charge in [-0.25, -0.2) is 4.98 Å². The van der Waals surface area contributed by atoms with Crippen molar-refractivity contribution in [3.8, 4) is 0 Å². The van der Waals surface area contributed by atoms with Crippen molar-refractivity contribution in [2.45, 2.75) is 62.8 Å². The van der Waals surface area contributed by atoms with Gasteiger partial charge in [-0.05, 0) is 121 Å². The fourth-order valence-corrected chi connectivity index (χ4v) is 10.6. The highest BCUT2D eigenvalue weighted by Crippen LogP contribution is 2.53. The molecular weight excluding hydrogens is 853 g/mol. The number of rotatable bonds is 15. The van der Waals surface area contributed by atoms with E-state index in [1.165, 1.54) is 11.1 Å². The fraction of sp³-hybridized carbons (Fsp3) is 0.308. The summed E-state index contributed by atoms with van der Waals surface area (Å²) < 4.78 is 0. The van der Waals surface area contributed by atoms with Gasteiger partial charge in [0.05, 0.1) is 29.3 Å². The Bertz CT molecular complexity index is 2460. The molecule has 0 bridgehead atoms. The van der Waals surface area contributed by atoms with E-state index in [4.69, 9.17) is 39.8 Å². The van der Waals surface area contributed by atoms with E-state index < -0.39 is 11.6 Å². The molecule has 2 fully saturated rings. The molecule has 2 heterocycles. The third-order valence-electron chi connectivity index (χ3n) is 11.7. The number of hydrogen-bond donors (Lipinski definition) is 3. The van der Waals surface area contributed by atoms with Crippen LogP contribution in [0.5, 0.6) is 0 Å². The Balaban J connectivity index is 0.000000230. The molecule has 1 saturated carbocycles. The van der Waals surface area contributed by atoms with Crippen LogP contribution in [0.1, 0.15) is 89.9 Å². The van der Waals surface area contributed by atoms with Gasteiger partial charge in [-0.3, -0.25) is 9.69 Å². The van der Waals surface area contributed by atoms with Gasteiger partial charge in [0.25, 0.3) is 0 Å². The molecule has 6 nitrogen and oxygen atoms in total. The summed E-state index contributed by atoms with van der Waals surface area (Å²) in [6, 6.07) is 43.0. The Morgan fingerprint density at radius 1 is 0.806 bits per heavy atom. The van der Waals surface area contributed by atoms with E-state index >= 15 is 0 Å². The molecule has 1 aromatic heterocycles. The Hall–Kier alpha value is -4.18. The van der Waals surface area contributed by atoms with Gasteiger partial charge in [-0.1, -0.05) is 132 Å². The predicted octanol–water partition coefficient (Wildman–Crippen LogP) is 12.9. The van der Waals surface area contributed by atoms with Crippen LogP contribution in [0.15, 0.2) is 127 Å². The highest BCUT2D eigenvalue weighted by molar-refractivity contribution is 7.99. The summed E-state index contributed by atoms with van der Waals surface area (Å²) in [5, 5.41) is 26.9. The Morgan fingerprint density at radius 3 is 2.21 bits per heavy atom. The first-order valence-corrected chi connectivity index (χ1v) is 23.5. The number of benzene rings is 5. The molecule has 1 unspecified atom stereocenters. The first kappa shape index (κ1) is 45.8. The van der Waals surface area contributed by atoms with E-state index in [9.17, 15) is 15.0 Å².